The van der Waals surface area contributed by atoms with Gasteiger partial charge in [-0.1, -0.05) is 23.2 Å². The Kier molecular flexibility index (Phi) is 6.03. The molecule has 164 valence electrons. The van der Waals surface area contributed by atoms with Gasteiger partial charge in [0.1, 0.15) is 11.5 Å². The van der Waals surface area contributed by atoms with Crippen LogP contribution in [0.1, 0.15) is 27.2 Å². The van der Waals surface area contributed by atoms with E-state index in [2.05, 4.69) is 5.32 Å². The number of amides is 1. The Morgan fingerprint density at radius 1 is 0.871 bits per heavy atom. The summed E-state index contributed by atoms with van der Waals surface area (Å²) in [4.78, 5) is 12.5. The molecule has 3 nitrogen and oxygen atoms in total. The van der Waals surface area contributed by atoms with E-state index in [4.69, 9.17) is 27.6 Å². The van der Waals surface area contributed by atoms with E-state index < -0.39 is 35.1 Å². The molecule has 1 aromatic heterocycles. The Labute approximate surface area is 181 Å². The fourth-order valence-corrected chi connectivity index (χ4v) is 3.02. The third-order valence-electron chi connectivity index (χ3n) is 4.21. The summed E-state index contributed by atoms with van der Waals surface area (Å²) in [5.74, 6) is -0.636. The molecule has 0 aliphatic heterocycles. The molecule has 3 aromatic rings. The Balaban J connectivity index is 1.95. The lowest BCUT2D eigenvalue weighted by Gasteiger charge is -2.14. The van der Waals surface area contributed by atoms with Crippen molar-refractivity contribution in [1.29, 1.82) is 0 Å². The normalized spacial score (nSPS) is 12.2. The van der Waals surface area contributed by atoms with Crippen molar-refractivity contribution in [2.75, 3.05) is 5.32 Å². The van der Waals surface area contributed by atoms with E-state index in [0.717, 1.165) is 0 Å². The standard InChI is InChI=1S/C20H11Cl2F6NO2/c1-9-14(8-17(31-9)10-2-3-15(21)16(22)4-10)18(30)29-13-6-11(19(23,24)25)5-12(7-13)20(26,27)28/h2-8H,1H3,(H,29,30). The molecule has 0 atom stereocenters. The first-order chi connectivity index (χ1) is 14.3. The van der Waals surface area contributed by atoms with Crippen molar-refractivity contribution in [2.24, 2.45) is 0 Å². The number of hydrogen-bond acceptors (Lipinski definition) is 2. The third kappa shape index (κ3) is 5.16. The molecule has 31 heavy (non-hydrogen) atoms. The van der Waals surface area contributed by atoms with Crippen LogP contribution in [0.4, 0.5) is 32.0 Å². The quantitative estimate of drug-likeness (QED) is 0.387. The highest BCUT2D eigenvalue weighted by Crippen LogP contribution is 2.38. The minimum atomic E-state index is -5.03. The van der Waals surface area contributed by atoms with Crippen LogP contribution >= 0.6 is 23.2 Å². The monoisotopic (exact) mass is 481 g/mol. The SMILES string of the molecule is Cc1oc(-c2ccc(Cl)c(Cl)c2)cc1C(=O)Nc1cc(C(F)(F)F)cc(C(F)(F)F)c1. The molecule has 2 aromatic carbocycles. The molecule has 11 heteroatoms. The number of benzene rings is 2. The Bertz CT molecular complexity index is 1120. The zero-order valence-electron chi connectivity index (χ0n) is 15.4. The molecular weight excluding hydrogens is 471 g/mol. The molecule has 1 heterocycles. The first-order valence-electron chi connectivity index (χ1n) is 8.42. The predicted molar refractivity (Wildman–Crippen MR) is 103 cm³/mol. The van der Waals surface area contributed by atoms with E-state index in [1.54, 1.807) is 6.07 Å². The molecule has 0 bridgehead atoms. The first kappa shape index (κ1) is 23.0. The van der Waals surface area contributed by atoms with Gasteiger partial charge in [-0.05, 0) is 49.4 Å². The van der Waals surface area contributed by atoms with Crippen molar-refractivity contribution in [3.63, 3.8) is 0 Å². The molecule has 0 aliphatic carbocycles. The number of hydrogen-bond donors (Lipinski definition) is 1. The van der Waals surface area contributed by atoms with E-state index in [-0.39, 0.29) is 33.2 Å². The number of aryl methyl sites for hydroxylation is 1. The number of anilines is 1. The van der Waals surface area contributed by atoms with Gasteiger partial charge in [0.25, 0.3) is 5.91 Å². The molecular formula is C20H11Cl2F6NO2. The number of nitrogens with one attached hydrogen (secondary N) is 1. The van der Waals surface area contributed by atoms with Crippen LogP contribution in [-0.2, 0) is 12.4 Å². The van der Waals surface area contributed by atoms with Crippen LogP contribution in [0.2, 0.25) is 10.0 Å². The molecule has 0 saturated heterocycles. The lowest BCUT2D eigenvalue weighted by atomic mass is 10.1. The molecule has 3 rings (SSSR count). The van der Waals surface area contributed by atoms with E-state index >= 15 is 0 Å². The molecule has 0 saturated carbocycles. The van der Waals surface area contributed by atoms with Gasteiger partial charge in [-0.3, -0.25) is 4.79 Å². The summed E-state index contributed by atoms with van der Waals surface area (Å²) in [5, 5.41) is 2.58. The highest BCUT2D eigenvalue weighted by atomic mass is 35.5. The average Bonchev–Trinajstić information content (AvgIpc) is 3.04. The topological polar surface area (TPSA) is 42.2 Å². The van der Waals surface area contributed by atoms with Crippen LogP contribution in [0.5, 0.6) is 0 Å². The van der Waals surface area contributed by atoms with Gasteiger partial charge in [0.2, 0.25) is 0 Å². The smallest absolute Gasteiger partial charge is 0.416 e. The second kappa shape index (κ2) is 8.12. The van der Waals surface area contributed by atoms with Crippen molar-refractivity contribution >= 4 is 34.8 Å². The zero-order valence-corrected chi connectivity index (χ0v) is 16.9. The van der Waals surface area contributed by atoms with Crippen molar-refractivity contribution in [1.82, 2.24) is 0 Å². The Hall–Kier alpha value is -2.65. The molecule has 0 radical (unpaired) electrons. The second-order valence-corrected chi connectivity index (χ2v) is 7.27. The van der Waals surface area contributed by atoms with Crippen molar-refractivity contribution < 1.29 is 35.6 Å². The van der Waals surface area contributed by atoms with Crippen molar-refractivity contribution in [3.05, 3.63) is 75.0 Å². The minimum absolute atomic E-state index is 0.0266. The van der Waals surface area contributed by atoms with Crippen LogP contribution in [0.25, 0.3) is 11.3 Å². The van der Waals surface area contributed by atoms with Crippen LogP contribution in [-0.4, -0.2) is 5.91 Å². The summed E-state index contributed by atoms with van der Waals surface area (Å²) in [6.07, 6.45) is -10.1. The molecule has 1 N–H and O–H groups in total. The highest BCUT2D eigenvalue weighted by molar-refractivity contribution is 6.42. The number of carbonyl (C=O) groups is 1. The van der Waals surface area contributed by atoms with Gasteiger partial charge in [-0.15, -0.1) is 0 Å². The largest absolute Gasteiger partial charge is 0.461 e. The van der Waals surface area contributed by atoms with E-state index in [0.29, 0.717) is 17.7 Å². The number of halogens is 8. The number of rotatable bonds is 3. The highest BCUT2D eigenvalue weighted by Gasteiger charge is 2.37. The maximum Gasteiger partial charge on any atom is 0.416 e. The van der Waals surface area contributed by atoms with Crippen molar-refractivity contribution in [2.45, 2.75) is 19.3 Å². The fourth-order valence-electron chi connectivity index (χ4n) is 2.72. The molecule has 0 fully saturated rings. The maximum atomic E-state index is 13.0. The fraction of sp³-hybridized carbons (Fsp3) is 0.150. The summed E-state index contributed by atoms with van der Waals surface area (Å²) >= 11 is 11.8. The number of alkyl halides is 6. The third-order valence-corrected chi connectivity index (χ3v) is 4.95. The Morgan fingerprint density at radius 2 is 1.45 bits per heavy atom. The zero-order chi connectivity index (χ0) is 23.1. The number of furan rings is 1. The van der Waals surface area contributed by atoms with Crippen LogP contribution in [0, 0.1) is 6.92 Å². The van der Waals surface area contributed by atoms with E-state index in [1.807, 2.05) is 0 Å². The van der Waals surface area contributed by atoms with Gasteiger partial charge in [0.15, 0.2) is 0 Å². The summed E-state index contributed by atoms with van der Waals surface area (Å²) in [7, 11) is 0. The average molecular weight is 482 g/mol. The summed E-state index contributed by atoms with van der Waals surface area (Å²) < 4.78 is 83.5. The predicted octanol–water partition coefficient (Wildman–Crippen LogP) is 7.85. The van der Waals surface area contributed by atoms with Gasteiger partial charge >= 0.3 is 12.4 Å². The van der Waals surface area contributed by atoms with Gasteiger partial charge in [0.05, 0.1) is 26.7 Å². The lowest BCUT2D eigenvalue weighted by molar-refractivity contribution is -0.143. The Morgan fingerprint density at radius 3 is 1.97 bits per heavy atom. The van der Waals surface area contributed by atoms with Gasteiger partial charge in [-0.2, -0.15) is 26.3 Å². The molecule has 0 spiro atoms. The summed E-state index contributed by atoms with van der Waals surface area (Å²) in [6, 6.07) is 6.65. The molecule has 0 aliphatic rings. The van der Waals surface area contributed by atoms with E-state index in [1.165, 1.54) is 25.1 Å². The van der Waals surface area contributed by atoms with Crippen LogP contribution in [0.3, 0.4) is 0 Å². The van der Waals surface area contributed by atoms with Crippen molar-refractivity contribution in [3.8, 4) is 11.3 Å². The van der Waals surface area contributed by atoms with Crippen LogP contribution in [0.15, 0.2) is 46.9 Å². The lowest BCUT2D eigenvalue weighted by Crippen LogP contribution is -2.16. The van der Waals surface area contributed by atoms with Gasteiger partial charge in [0, 0.05) is 11.3 Å². The molecule has 0 unspecified atom stereocenters. The van der Waals surface area contributed by atoms with Crippen LogP contribution < -0.4 is 5.32 Å². The molecule has 1 amide bonds. The summed E-state index contributed by atoms with van der Waals surface area (Å²) in [6.45, 7) is 1.42. The second-order valence-electron chi connectivity index (χ2n) is 6.46. The van der Waals surface area contributed by atoms with E-state index in [9.17, 15) is 31.1 Å². The van der Waals surface area contributed by atoms with Gasteiger partial charge < -0.3 is 9.73 Å². The van der Waals surface area contributed by atoms with Gasteiger partial charge in [-0.25, -0.2) is 0 Å². The minimum Gasteiger partial charge on any atom is -0.461 e. The first-order valence-corrected chi connectivity index (χ1v) is 9.18. The maximum absolute atomic E-state index is 13.0. The number of carbonyl (C=O) groups excluding carboxylic acids is 1. The summed E-state index contributed by atoms with van der Waals surface area (Å²) in [5.41, 5.74) is -3.36.